The van der Waals surface area contributed by atoms with E-state index in [1.807, 2.05) is 72.8 Å². The van der Waals surface area contributed by atoms with E-state index in [-0.39, 0.29) is 6.04 Å². The average molecular weight is 360 g/mol. The van der Waals surface area contributed by atoms with E-state index in [0.717, 1.165) is 17.1 Å². The summed E-state index contributed by atoms with van der Waals surface area (Å²) in [6, 6.07) is 27.6. The van der Waals surface area contributed by atoms with E-state index in [1.54, 1.807) is 0 Å². The minimum atomic E-state index is 0.134. The van der Waals surface area contributed by atoms with E-state index in [4.69, 9.17) is 12.2 Å². The lowest BCUT2D eigenvalue weighted by Crippen LogP contribution is -2.30. The SMILES string of the molecule is CC(NC(=S)Nc1ccc(N=Nc2ccccc2)cc1)c1ccccc1. The Hall–Kier alpha value is -3.05. The maximum atomic E-state index is 5.40. The van der Waals surface area contributed by atoms with Crippen LogP contribution in [0.4, 0.5) is 17.1 Å². The Kier molecular flexibility index (Phi) is 6.06. The largest absolute Gasteiger partial charge is 0.356 e. The number of anilines is 1. The maximum Gasteiger partial charge on any atom is 0.171 e. The van der Waals surface area contributed by atoms with Gasteiger partial charge in [0.2, 0.25) is 0 Å². The van der Waals surface area contributed by atoms with Gasteiger partial charge >= 0.3 is 0 Å². The van der Waals surface area contributed by atoms with E-state index in [2.05, 4.69) is 39.9 Å². The summed E-state index contributed by atoms with van der Waals surface area (Å²) in [4.78, 5) is 0. The fraction of sp³-hybridized carbons (Fsp3) is 0.0952. The summed E-state index contributed by atoms with van der Waals surface area (Å²) < 4.78 is 0. The number of nitrogens with zero attached hydrogens (tertiary/aromatic N) is 2. The molecule has 1 unspecified atom stereocenters. The predicted molar refractivity (Wildman–Crippen MR) is 111 cm³/mol. The molecule has 130 valence electrons. The molecule has 1 atom stereocenters. The molecule has 0 fully saturated rings. The van der Waals surface area contributed by atoms with E-state index < -0.39 is 0 Å². The van der Waals surface area contributed by atoms with Crippen LogP contribution in [0, 0.1) is 0 Å². The molecule has 4 nitrogen and oxygen atoms in total. The van der Waals surface area contributed by atoms with E-state index in [9.17, 15) is 0 Å². The lowest BCUT2D eigenvalue weighted by molar-refractivity contribution is 0.722. The topological polar surface area (TPSA) is 48.8 Å². The van der Waals surface area contributed by atoms with Crippen molar-refractivity contribution in [3.05, 3.63) is 90.5 Å². The van der Waals surface area contributed by atoms with Gasteiger partial charge in [-0.1, -0.05) is 48.5 Å². The lowest BCUT2D eigenvalue weighted by atomic mass is 10.1. The van der Waals surface area contributed by atoms with Crippen LogP contribution in [0.25, 0.3) is 0 Å². The monoisotopic (exact) mass is 360 g/mol. The summed E-state index contributed by atoms with van der Waals surface area (Å²) in [5.41, 5.74) is 3.71. The highest BCUT2D eigenvalue weighted by atomic mass is 32.1. The third kappa shape index (κ3) is 5.22. The second-order valence-corrected chi connectivity index (χ2v) is 6.22. The fourth-order valence-electron chi connectivity index (χ4n) is 2.41. The molecule has 0 saturated heterocycles. The van der Waals surface area contributed by atoms with E-state index >= 15 is 0 Å². The smallest absolute Gasteiger partial charge is 0.171 e. The minimum Gasteiger partial charge on any atom is -0.356 e. The van der Waals surface area contributed by atoms with Crippen LogP contribution in [0.3, 0.4) is 0 Å². The van der Waals surface area contributed by atoms with E-state index in [0.29, 0.717) is 5.11 Å². The van der Waals surface area contributed by atoms with Crippen molar-refractivity contribution in [1.82, 2.24) is 5.32 Å². The second-order valence-electron chi connectivity index (χ2n) is 5.81. The number of benzene rings is 3. The van der Waals surface area contributed by atoms with Crippen molar-refractivity contribution in [3.8, 4) is 0 Å². The normalized spacial score (nSPS) is 11.9. The summed E-state index contributed by atoms with van der Waals surface area (Å²) in [6.45, 7) is 2.08. The van der Waals surface area contributed by atoms with Gasteiger partial charge in [-0.3, -0.25) is 0 Å². The van der Waals surface area contributed by atoms with Gasteiger partial charge in [0.15, 0.2) is 5.11 Å². The molecule has 0 amide bonds. The molecule has 5 heteroatoms. The second kappa shape index (κ2) is 8.87. The number of azo groups is 1. The highest BCUT2D eigenvalue weighted by molar-refractivity contribution is 7.80. The summed E-state index contributed by atoms with van der Waals surface area (Å²) in [6.07, 6.45) is 0. The minimum absolute atomic E-state index is 0.134. The van der Waals surface area contributed by atoms with Gasteiger partial charge in [0.1, 0.15) is 0 Å². The average Bonchev–Trinajstić information content (AvgIpc) is 2.69. The van der Waals surface area contributed by atoms with Gasteiger partial charge in [-0.2, -0.15) is 10.2 Å². The first-order valence-electron chi connectivity index (χ1n) is 8.40. The molecular weight excluding hydrogens is 340 g/mol. The Morgan fingerprint density at radius 1 is 0.769 bits per heavy atom. The first-order valence-corrected chi connectivity index (χ1v) is 8.81. The number of nitrogens with one attached hydrogen (secondary N) is 2. The zero-order chi connectivity index (χ0) is 18.2. The van der Waals surface area contributed by atoms with Crippen molar-refractivity contribution in [2.24, 2.45) is 10.2 Å². The molecule has 3 aromatic carbocycles. The molecule has 0 radical (unpaired) electrons. The van der Waals surface area contributed by atoms with Crippen LogP contribution in [-0.4, -0.2) is 5.11 Å². The highest BCUT2D eigenvalue weighted by Crippen LogP contribution is 2.20. The zero-order valence-electron chi connectivity index (χ0n) is 14.5. The summed E-state index contributed by atoms with van der Waals surface area (Å²) in [5, 5.41) is 15.5. The molecule has 0 aliphatic carbocycles. The molecule has 0 aromatic heterocycles. The van der Waals surface area contributed by atoms with Crippen molar-refractivity contribution in [1.29, 1.82) is 0 Å². The molecular formula is C21H20N4S. The highest BCUT2D eigenvalue weighted by Gasteiger charge is 2.06. The van der Waals surface area contributed by atoms with Crippen molar-refractivity contribution in [2.75, 3.05) is 5.32 Å². The van der Waals surface area contributed by atoms with Crippen LogP contribution in [0.5, 0.6) is 0 Å². The summed E-state index contributed by atoms with van der Waals surface area (Å²) in [7, 11) is 0. The van der Waals surface area contributed by atoms with Gasteiger partial charge in [-0.15, -0.1) is 0 Å². The van der Waals surface area contributed by atoms with Gasteiger partial charge in [0, 0.05) is 5.69 Å². The van der Waals surface area contributed by atoms with Gasteiger partial charge in [0.25, 0.3) is 0 Å². The van der Waals surface area contributed by atoms with Crippen LogP contribution in [0.15, 0.2) is 95.2 Å². The summed E-state index contributed by atoms with van der Waals surface area (Å²) in [5.74, 6) is 0. The van der Waals surface area contributed by atoms with Gasteiger partial charge in [-0.25, -0.2) is 0 Å². The fourth-order valence-corrected chi connectivity index (χ4v) is 2.71. The van der Waals surface area contributed by atoms with Crippen molar-refractivity contribution in [3.63, 3.8) is 0 Å². The van der Waals surface area contributed by atoms with Crippen LogP contribution in [0.2, 0.25) is 0 Å². The van der Waals surface area contributed by atoms with Gasteiger partial charge < -0.3 is 10.6 Å². The maximum absolute atomic E-state index is 5.40. The first-order chi connectivity index (χ1) is 12.7. The molecule has 0 aliphatic rings. The Morgan fingerprint density at radius 2 is 1.31 bits per heavy atom. The Bertz CT molecular complexity index is 862. The van der Waals surface area contributed by atoms with Crippen LogP contribution in [-0.2, 0) is 0 Å². The molecule has 2 N–H and O–H groups in total. The standard InChI is InChI=1S/C21H20N4S/c1-16(17-8-4-2-5-9-17)22-21(26)23-18-12-14-20(15-13-18)25-24-19-10-6-3-7-11-19/h2-16H,1H3,(H2,22,23,26). The van der Waals surface area contributed by atoms with Crippen molar-refractivity contribution >= 4 is 34.4 Å². The molecule has 0 aliphatic heterocycles. The molecule has 0 bridgehead atoms. The third-order valence-corrected chi connectivity index (χ3v) is 4.03. The van der Waals surface area contributed by atoms with Gasteiger partial charge in [0.05, 0.1) is 17.4 Å². The number of hydrogen-bond acceptors (Lipinski definition) is 3. The number of rotatable bonds is 5. The number of thiocarbonyl (C=S) groups is 1. The molecule has 3 aromatic rings. The van der Waals surface area contributed by atoms with Crippen LogP contribution < -0.4 is 10.6 Å². The summed E-state index contributed by atoms with van der Waals surface area (Å²) >= 11 is 5.40. The Labute approximate surface area is 159 Å². The van der Waals surface area contributed by atoms with Crippen molar-refractivity contribution in [2.45, 2.75) is 13.0 Å². The van der Waals surface area contributed by atoms with Crippen LogP contribution in [0.1, 0.15) is 18.5 Å². The lowest BCUT2D eigenvalue weighted by Gasteiger charge is -2.17. The Balaban J connectivity index is 1.55. The predicted octanol–water partition coefficient (Wildman–Crippen LogP) is 6.15. The molecule has 26 heavy (non-hydrogen) atoms. The molecule has 0 spiro atoms. The van der Waals surface area contributed by atoms with Crippen molar-refractivity contribution < 1.29 is 0 Å². The third-order valence-electron chi connectivity index (χ3n) is 3.81. The Morgan fingerprint density at radius 3 is 1.92 bits per heavy atom. The van der Waals surface area contributed by atoms with Crippen LogP contribution >= 0.6 is 12.2 Å². The first kappa shape index (κ1) is 17.8. The van der Waals surface area contributed by atoms with E-state index in [1.165, 1.54) is 5.56 Å². The quantitative estimate of drug-likeness (QED) is 0.424. The number of hydrogen-bond donors (Lipinski definition) is 2. The molecule has 0 saturated carbocycles. The molecule has 0 heterocycles. The zero-order valence-corrected chi connectivity index (χ0v) is 15.3. The van der Waals surface area contributed by atoms with Gasteiger partial charge in [-0.05, 0) is 61.1 Å². The molecule has 3 rings (SSSR count).